The first kappa shape index (κ1) is 21.1. The highest BCUT2D eigenvalue weighted by Crippen LogP contribution is 2.11. The lowest BCUT2D eigenvalue weighted by Gasteiger charge is -2.25. The van der Waals surface area contributed by atoms with E-state index in [2.05, 4.69) is 25.7 Å². The normalized spacial score (nSPS) is 16.1. The Labute approximate surface area is 176 Å². The molecule has 2 N–H and O–H groups in total. The number of amides is 1. The topological polar surface area (TPSA) is 87.4 Å². The fraction of sp³-hybridized carbons (Fsp3) is 0.444. The van der Waals surface area contributed by atoms with Crippen LogP contribution >= 0.6 is 24.0 Å². The maximum atomic E-state index is 11.9. The van der Waals surface area contributed by atoms with Gasteiger partial charge in [-0.3, -0.25) is 4.79 Å². The number of hydrogen-bond donors (Lipinski definition) is 2. The fourth-order valence-electron chi connectivity index (χ4n) is 2.77. The smallest absolute Gasteiger partial charge is 0.241 e. The molecule has 1 aromatic heterocycles. The van der Waals surface area contributed by atoms with Crippen LogP contribution in [0.15, 0.2) is 41.7 Å². The van der Waals surface area contributed by atoms with Crippen molar-refractivity contribution >= 4 is 35.8 Å². The summed E-state index contributed by atoms with van der Waals surface area (Å²) < 4.78 is 1.92. The molecule has 27 heavy (non-hydrogen) atoms. The van der Waals surface area contributed by atoms with Gasteiger partial charge in [-0.2, -0.15) is 5.10 Å². The Morgan fingerprint density at radius 2 is 2.11 bits per heavy atom. The lowest BCUT2D eigenvalue weighted by Crippen LogP contribution is -2.49. The minimum Gasteiger partial charge on any atom is -0.352 e. The number of carbonyl (C=O) groups is 1. The van der Waals surface area contributed by atoms with Crippen molar-refractivity contribution in [1.82, 2.24) is 30.3 Å². The summed E-state index contributed by atoms with van der Waals surface area (Å²) in [4.78, 5) is 22.4. The summed E-state index contributed by atoms with van der Waals surface area (Å²) in [5, 5.41) is 10.8. The van der Waals surface area contributed by atoms with Crippen LogP contribution in [-0.2, 0) is 24.3 Å². The average molecular weight is 483 g/mol. The zero-order valence-corrected chi connectivity index (χ0v) is 18.0. The molecule has 1 aliphatic rings. The predicted octanol–water partition coefficient (Wildman–Crippen LogP) is 1.03. The molecule has 2 heterocycles. The second-order valence-corrected chi connectivity index (χ2v) is 6.53. The molecule has 0 saturated heterocycles. The molecule has 2 aromatic rings. The van der Waals surface area contributed by atoms with E-state index in [1.165, 1.54) is 0 Å². The molecule has 0 fully saturated rings. The van der Waals surface area contributed by atoms with E-state index in [9.17, 15) is 4.79 Å². The van der Waals surface area contributed by atoms with Crippen LogP contribution in [0.5, 0.6) is 0 Å². The van der Waals surface area contributed by atoms with Gasteiger partial charge in [0.25, 0.3) is 0 Å². The molecule has 1 amide bonds. The van der Waals surface area contributed by atoms with Crippen LogP contribution in [0.3, 0.4) is 0 Å². The number of aliphatic imine (C=N–C) groups is 1. The maximum Gasteiger partial charge on any atom is 0.241 e. The van der Waals surface area contributed by atoms with Crippen molar-refractivity contribution in [1.29, 1.82) is 0 Å². The molecule has 0 saturated carbocycles. The van der Waals surface area contributed by atoms with E-state index < -0.39 is 0 Å². The number of hydrogen-bond acceptors (Lipinski definition) is 4. The second-order valence-electron chi connectivity index (χ2n) is 6.53. The van der Waals surface area contributed by atoms with Crippen molar-refractivity contribution in [2.24, 2.45) is 4.99 Å². The number of benzene rings is 1. The Morgan fingerprint density at radius 1 is 1.33 bits per heavy atom. The quantitative estimate of drug-likeness (QED) is 0.377. The van der Waals surface area contributed by atoms with Crippen LogP contribution in [0.1, 0.15) is 17.8 Å². The third-order valence-electron chi connectivity index (χ3n) is 4.31. The lowest BCUT2D eigenvalue weighted by atomic mass is 10.1. The number of aryl methyl sites for hydroxylation is 1. The van der Waals surface area contributed by atoms with E-state index >= 15 is 0 Å². The Morgan fingerprint density at radius 3 is 2.85 bits per heavy atom. The number of nitrogens with one attached hydrogen (secondary N) is 2. The summed E-state index contributed by atoms with van der Waals surface area (Å²) in [6, 6.07) is 10.2. The fourth-order valence-corrected chi connectivity index (χ4v) is 2.77. The summed E-state index contributed by atoms with van der Waals surface area (Å²) in [5.41, 5.74) is 1.12. The van der Waals surface area contributed by atoms with Gasteiger partial charge < -0.3 is 15.5 Å². The van der Waals surface area contributed by atoms with Crippen molar-refractivity contribution in [3.05, 3.63) is 48.0 Å². The predicted molar refractivity (Wildman–Crippen MR) is 115 cm³/mol. The van der Waals surface area contributed by atoms with Gasteiger partial charge in [0.15, 0.2) is 5.96 Å². The summed E-state index contributed by atoms with van der Waals surface area (Å²) in [7, 11) is 3.48. The summed E-state index contributed by atoms with van der Waals surface area (Å²) >= 11 is 0. The number of fused-ring (bicyclic) bond motifs is 1. The van der Waals surface area contributed by atoms with Gasteiger partial charge >= 0.3 is 0 Å². The average Bonchev–Trinajstić information content (AvgIpc) is 3.12. The van der Waals surface area contributed by atoms with Crippen LogP contribution in [-0.4, -0.2) is 58.2 Å². The SMILES string of the molecule is CN(C)C(=O)CNC(=NCc1ccccc1)NC1CCc2ncnn2C1.I. The third kappa shape index (κ3) is 6.19. The molecule has 3 rings (SSSR count). The largest absolute Gasteiger partial charge is 0.352 e. The van der Waals surface area contributed by atoms with Gasteiger partial charge in [0.1, 0.15) is 12.2 Å². The van der Waals surface area contributed by atoms with E-state index in [1.54, 1.807) is 25.3 Å². The van der Waals surface area contributed by atoms with Crippen molar-refractivity contribution in [3.63, 3.8) is 0 Å². The molecule has 1 atom stereocenters. The van der Waals surface area contributed by atoms with E-state index in [0.717, 1.165) is 30.8 Å². The molecule has 0 aliphatic carbocycles. The van der Waals surface area contributed by atoms with Crippen LogP contribution in [0.25, 0.3) is 0 Å². The van der Waals surface area contributed by atoms with Gasteiger partial charge in [0, 0.05) is 26.6 Å². The van der Waals surface area contributed by atoms with Crippen molar-refractivity contribution in [2.45, 2.75) is 32.0 Å². The number of nitrogens with zero attached hydrogens (tertiary/aromatic N) is 5. The van der Waals surface area contributed by atoms with Crippen molar-refractivity contribution < 1.29 is 4.79 Å². The monoisotopic (exact) mass is 483 g/mol. The Kier molecular flexibility index (Phi) is 8.01. The van der Waals surface area contributed by atoms with E-state index in [-0.39, 0.29) is 42.5 Å². The molecule has 146 valence electrons. The van der Waals surface area contributed by atoms with Gasteiger partial charge in [-0.05, 0) is 12.0 Å². The molecule has 0 spiro atoms. The highest BCUT2D eigenvalue weighted by atomic mass is 127. The first-order chi connectivity index (χ1) is 12.6. The van der Waals surface area contributed by atoms with Crippen LogP contribution in [0, 0.1) is 0 Å². The van der Waals surface area contributed by atoms with E-state index in [4.69, 9.17) is 0 Å². The van der Waals surface area contributed by atoms with Crippen molar-refractivity contribution in [2.75, 3.05) is 20.6 Å². The molecular weight excluding hydrogens is 457 g/mol. The molecule has 9 heteroatoms. The van der Waals surface area contributed by atoms with Crippen LogP contribution in [0.2, 0.25) is 0 Å². The molecular formula is C18H26IN7O. The minimum atomic E-state index is 0. The van der Waals surface area contributed by atoms with Crippen LogP contribution < -0.4 is 10.6 Å². The number of likely N-dealkylation sites (N-methyl/N-ethyl adjacent to an activating group) is 1. The summed E-state index contributed by atoms with van der Waals surface area (Å²) in [6.07, 6.45) is 3.42. The standard InChI is InChI=1S/C18H25N7O.HI/c1-24(2)17(26)11-20-18(19-10-14-6-4-3-5-7-14)23-15-8-9-16-21-13-22-25(16)12-15;/h3-7,13,15H,8-12H2,1-2H3,(H2,19,20,23);1H. The highest BCUT2D eigenvalue weighted by Gasteiger charge is 2.20. The van der Waals surface area contributed by atoms with Crippen LogP contribution in [0.4, 0.5) is 0 Å². The number of aromatic nitrogens is 3. The summed E-state index contributed by atoms with van der Waals surface area (Å²) in [6.45, 7) is 1.49. The molecule has 0 bridgehead atoms. The summed E-state index contributed by atoms with van der Waals surface area (Å²) in [5.74, 6) is 1.65. The van der Waals surface area contributed by atoms with Gasteiger partial charge in [0.2, 0.25) is 5.91 Å². The highest BCUT2D eigenvalue weighted by molar-refractivity contribution is 14.0. The molecule has 1 aliphatic heterocycles. The number of carbonyl (C=O) groups excluding carboxylic acids is 1. The zero-order chi connectivity index (χ0) is 18.4. The third-order valence-corrected chi connectivity index (χ3v) is 4.31. The number of guanidine groups is 1. The Hall–Kier alpha value is -2.17. The molecule has 1 aromatic carbocycles. The van der Waals surface area contributed by atoms with E-state index in [1.807, 2.05) is 35.0 Å². The van der Waals surface area contributed by atoms with Gasteiger partial charge in [-0.1, -0.05) is 30.3 Å². The van der Waals surface area contributed by atoms with Crippen molar-refractivity contribution in [3.8, 4) is 0 Å². The minimum absolute atomic E-state index is 0. The second kappa shape index (κ2) is 10.2. The molecule has 8 nitrogen and oxygen atoms in total. The lowest BCUT2D eigenvalue weighted by molar-refractivity contribution is -0.127. The first-order valence-corrected chi connectivity index (χ1v) is 8.77. The maximum absolute atomic E-state index is 11.9. The Balaban J connectivity index is 0.00000261. The van der Waals surface area contributed by atoms with Gasteiger partial charge in [-0.25, -0.2) is 14.7 Å². The first-order valence-electron chi connectivity index (χ1n) is 8.77. The number of rotatable bonds is 5. The number of halogens is 1. The van der Waals surface area contributed by atoms with E-state index in [0.29, 0.717) is 12.5 Å². The zero-order valence-electron chi connectivity index (χ0n) is 15.6. The van der Waals surface area contributed by atoms with Gasteiger partial charge in [-0.15, -0.1) is 24.0 Å². The molecule has 0 radical (unpaired) electrons. The Bertz CT molecular complexity index is 760. The van der Waals surface area contributed by atoms with Gasteiger partial charge in [0.05, 0.1) is 19.6 Å². The molecule has 1 unspecified atom stereocenters.